The predicted octanol–water partition coefficient (Wildman–Crippen LogP) is 6.24. The van der Waals surface area contributed by atoms with Crippen molar-refractivity contribution in [1.29, 1.82) is 0 Å². The smallest absolute Gasteiger partial charge is 0.211 e. The van der Waals surface area contributed by atoms with Crippen LogP contribution in [-0.4, -0.2) is 67.1 Å². The number of aliphatic hydroxyl groups is 1. The van der Waals surface area contributed by atoms with Gasteiger partial charge >= 0.3 is 0 Å². The monoisotopic (exact) mass is 550 g/mol. The summed E-state index contributed by atoms with van der Waals surface area (Å²) in [4.78, 5) is 8.23. The molecule has 1 atom stereocenters. The lowest BCUT2D eigenvalue weighted by molar-refractivity contribution is 0.0729. The molecule has 1 N–H and O–H groups in total. The molecular weight excluding hydrogens is 515 g/mol. The van der Waals surface area contributed by atoms with Crippen molar-refractivity contribution in [3.63, 3.8) is 0 Å². The van der Waals surface area contributed by atoms with Crippen LogP contribution in [-0.2, 0) is 0 Å². The molecular formula is C31H36ClFN4O2. The zero-order valence-corrected chi connectivity index (χ0v) is 23.9. The minimum Gasteiger partial charge on any atom is -0.495 e. The van der Waals surface area contributed by atoms with Crippen LogP contribution in [0.2, 0.25) is 5.02 Å². The van der Waals surface area contributed by atoms with Gasteiger partial charge in [0.15, 0.2) is 0 Å². The molecule has 0 spiro atoms. The lowest BCUT2D eigenvalue weighted by atomic mass is 9.96. The van der Waals surface area contributed by atoms with Crippen molar-refractivity contribution in [1.82, 2.24) is 9.80 Å². The van der Waals surface area contributed by atoms with Gasteiger partial charge in [-0.15, -0.1) is 0 Å². The van der Waals surface area contributed by atoms with Crippen LogP contribution in [0.25, 0.3) is 22.3 Å². The van der Waals surface area contributed by atoms with Crippen LogP contribution < -0.4 is 14.5 Å². The Morgan fingerprint density at radius 1 is 0.923 bits per heavy atom. The van der Waals surface area contributed by atoms with Crippen molar-refractivity contribution >= 4 is 23.0 Å². The highest BCUT2D eigenvalue weighted by Crippen LogP contribution is 2.43. The summed E-state index contributed by atoms with van der Waals surface area (Å²) in [5, 5.41) is 10.9. The van der Waals surface area contributed by atoms with Gasteiger partial charge in [0.2, 0.25) is 6.35 Å². The number of aliphatic hydroxyl groups excluding tert-OH is 1. The fourth-order valence-electron chi connectivity index (χ4n) is 5.36. The lowest BCUT2D eigenvalue weighted by Gasteiger charge is -2.43. The first-order valence-electron chi connectivity index (χ1n) is 13.2. The first kappa shape index (κ1) is 27.3. The molecule has 0 radical (unpaired) electrons. The minimum atomic E-state index is -0.840. The van der Waals surface area contributed by atoms with Gasteiger partial charge in [0.05, 0.1) is 17.8 Å². The highest BCUT2D eigenvalue weighted by atomic mass is 35.5. The predicted molar refractivity (Wildman–Crippen MR) is 158 cm³/mol. The Balaban J connectivity index is 1.47. The minimum absolute atomic E-state index is 0.154. The van der Waals surface area contributed by atoms with E-state index >= 15 is 4.39 Å². The van der Waals surface area contributed by atoms with Gasteiger partial charge in [0.25, 0.3) is 0 Å². The second kappa shape index (κ2) is 10.7. The molecule has 0 aromatic heterocycles. The SMILES string of the molecule is COc1c(-c2cccc(N3CCN(C(C)(C)C)CC3)c2)cc(F)cc1-c1ccc(N2C=CN(C)C2O)c(Cl)c1. The Morgan fingerprint density at radius 3 is 2.15 bits per heavy atom. The number of ether oxygens (including phenoxy) is 1. The molecule has 2 aliphatic heterocycles. The van der Waals surface area contributed by atoms with Crippen LogP contribution in [0.5, 0.6) is 5.75 Å². The van der Waals surface area contributed by atoms with E-state index < -0.39 is 6.35 Å². The molecule has 0 amide bonds. The number of nitrogens with zero attached hydrogens (tertiary/aromatic N) is 4. The molecule has 0 saturated carbocycles. The Labute approximate surface area is 235 Å². The third-order valence-electron chi connectivity index (χ3n) is 7.62. The summed E-state index contributed by atoms with van der Waals surface area (Å²) >= 11 is 6.66. The largest absolute Gasteiger partial charge is 0.495 e. The van der Waals surface area contributed by atoms with Gasteiger partial charge in [-0.25, -0.2) is 4.39 Å². The van der Waals surface area contributed by atoms with E-state index in [4.69, 9.17) is 16.3 Å². The number of hydrogen-bond donors (Lipinski definition) is 1. The Morgan fingerprint density at radius 2 is 1.59 bits per heavy atom. The lowest BCUT2D eigenvalue weighted by Crippen LogP contribution is -2.53. The summed E-state index contributed by atoms with van der Waals surface area (Å²) in [6, 6.07) is 16.7. The summed E-state index contributed by atoms with van der Waals surface area (Å²) in [6.07, 6.45) is 2.70. The van der Waals surface area contributed by atoms with Gasteiger partial charge in [-0.05, 0) is 68.3 Å². The summed E-state index contributed by atoms with van der Waals surface area (Å²) in [6.45, 7) is 10.6. The van der Waals surface area contributed by atoms with Crippen molar-refractivity contribution in [3.8, 4) is 28.0 Å². The molecule has 2 heterocycles. The number of methoxy groups -OCH3 is 1. The summed E-state index contributed by atoms with van der Waals surface area (Å²) in [7, 11) is 3.39. The van der Waals surface area contributed by atoms with Crippen molar-refractivity contribution in [2.24, 2.45) is 0 Å². The Bertz CT molecular complexity index is 1380. The molecule has 6 nitrogen and oxygen atoms in total. The molecule has 3 aromatic carbocycles. The first-order chi connectivity index (χ1) is 18.6. The molecule has 206 valence electrons. The number of hydrogen-bond acceptors (Lipinski definition) is 6. The van der Waals surface area contributed by atoms with Crippen LogP contribution >= 0.6 is 11.6 Å². The van der Waals surface area contributed by atoms with Crippen LogP contribution in [0.15, 0.2) is 67.0 Å². The van der Waals surface area contributed by atoms with Crippen LogP contribution in [0, 0.1) is 5.82 Å². The number of rotatable bonds is 5. The highest BCUT2D eigenvalue weighted by molar-refractivity contribution is 6.33. The number of halogens is 2. The van der Waals surface area contributed by atoms with Gasteiger partial charge in [-0.2, -0.15) is 0 Å². The normalized spacial score (nSPS) is 18.3. The quantitative estimate of drug-likeness (QED) is 0.405. The highest BCUT2D eigenvalue weighted by Gasteiger charge is 2.27. The van der Waals surface area contributed by atoms with Gasteiger partial charge in [0, 0.05) is 68.0 Å². The summed E-state index contributed by atoms with van der Waals surface area (Å²) in [5.41, 5.74) is 4.83. The van der Waals surface area contributed by atoms with Crippen LogP contribution in [0.3, 0.4) is 0 Å². The molecule has 8 heteroatoms. The van der Waals surface area contributed by atoms with Crippen LogP contribution in [0.4, 0.5) is 15.8 Å². The third-order valence-corrected chi connectivity index (χ3v) is 7.92. The Hall–Kier alpha value is -3.26. The molecule has 1 saturated heterocycles. The maximum atomic E-state index is 15.1. The molecule has 2 aliphatic rings. The average molecular weight is 551 g/mol. The van der Waals surface area contributed by atoms with E-state index in [-0.39, 0.29) is 11.4 Å². The number of piperazine rings is 1. The van der Waals surface area contributed by atoms with E-state index in [1.165, 1.54) is 12.1 Å². The average Bonchev–Trinajstić information content (AvgIpc) is 3.25. The van der Waals surface area contributed by atoms with Crippen LogP contribution in [0.1, 0.15) is 20.8 Å². The zero-order chi connectivity index (χ0) is 27.9. The van der Waals surface area contributed by atoms with Crippen molar-refractivity contribution < 1.29 is 14.2 Å². The van der Waals surface area contributed by atoms with E-state index in [0.29, 0.717) is 27.6 Å². The molecule has 0 bridgehead atoms. The van der Waals surface area contributed by atoms with Gasteiger partial charge in [-0.3, -0.25) is 4.90 Å². The zero-order valence-electron chi connectivity index (χ0n) is 23.2. The molecule has 1 unspecified atom stereocenters. The summed E-state index contributed by atoms with van der Waals surface area (Å²) < 4.78 is 21.0. The second-order valence-corrected chi connectivity index (χ2v) is 11.5. The van der Waals surface area contributed by atoms with Crippen molar-refractivity contribution in [2.45, 2.75) is 32.7 Å². The molecule has 3 aromatic rings. The fourth-order valence-corrected chi connectivity index (χ4v) is 5.64. The van der Waals surface area contributed by atoms with Gasteiger partial charge in [-0.1, -0.05) is 29.8 Å². The van der Waals surface area contributed by atoms with Crippen molar-refractivity contribution in [3.05, 3.63) is 77.8 Å². The topological polar surface area (TPSA) is 42.4 Å². The molecule has 1 fully saturated rings. The molecule has 5 rings (SSSR count). The maximum Gasteiger partial charge on any atom is 0.211 e. The third kappa shape index (κ3) is 5.44. The van der Waals surface area contributed by atoms with Crippen molar-refractivity contribution in [2.75, 3.05) is 50.1 Å². The number of anilines is 2. The maximum absolute atomic E-state index is 15.1. The van der Waals surface area contributed by atoms with E-state index in [9.17, 15) is 5.11 Å². The Kier molecular flexibility index (Phi) is 7.51. The van der Waals surface area contributed by atoms with E-state index in [0.717, 1.165) is 43.0 Å². The fraction of sp³-hybridized carbons (Fsp3) is 0.355. The van der Waals surface area contributed by atoms with Gasteiger partial charge in [0.1, 0.15) is 11.6 Å². The first-order valence-corrected chi connectivity index (χ1v) is 13.6. The van der Waals surface area contributed by atoms with E-state index in [1.54, 1.807) is 42.4 Å². The molecule has 0 aliphatic carbocycles. The summed E-state index contributed by atoms with van der Waals surface area (Å²) in [5.74, 6) is 0.223. The molecule has 39 heavy (non-hydrogen) atoms. The number of benzene rings is 3. The van der Waals surface area contributed by atoms with E-state index in [1.807, 2.05) is 24.3 Å². The van der Waals surface area contributed by atoms with E-state index in [2.05, 4.69) is 42.7 Å². The second-order valence-electron chi connectivity index (χ2n) is 11.1. The van der Waals surface area contributed by atoms with Gasteiger partial charge < -0.3 is 24.5 Å². The standard InChI is InChI=1S/C31H36ClFN4O2/c1-31(2,3)36-14-12-35(13-15-36)24-8-6-7-21(17-24)25-19-23(33)20-26(29(25)39-5)22-9-10-28(27(32)18-22)37-16-11-34(4)30(37)38/h6-11,16-20,30,38H,12-15H2,1-5H3.